The van der Waals surface area contributed by atoms with E-state index in [1.54, 1.807) is 0 Å². The normalized spacial score (nSPS) is 10.2. The maximum Gasteiger partial charge on any atom is 0.123 e. The van der Waals surface area contributed by atoms with Crippen LogP contribution in [-0.4, -0.2) is 4.98 Å². The van der Waals surface area contributed by atoms with E-state index in [2.05, 4.69) is 18.0 Å². The summed E-state index contributed by atoms with van der Waals surface area (Å²) in [5.74, 6) is 0.640. The maximum atomic E-state index is 5.62. The quantitative estimate of drug-likeness (QED) is 0.744. The van der Waals surface area contributed by atoms with Crippen molar-refractivity contribution in [2.75, 3.05) is 5.73 Å². The van der Waals surface area contributed by atoms with Gasteiger partial charge in [0.05, 0.1) is 0 Å². The van der Waals surface area contributed by atoms with Crippen LogP contribution in [0.3, 0.4) is 0 Å². The molecule has 0 saturated heterocycles. The molecule has 0 aromatic carbocycles. The van der Waals surface area contributed by atoms with Crippen molar-refractivity contribution in [3.05, 3.63) is 23.4 Å². The Balaban J connectivity index is 2.72. The molecule has 1 rings (SSSR count). The zero-order valence-corrected chi connectivity index (χ0v) is 7.80. The van der Waals surface area contributed by atoms with Crippen molar-refractivity contribution >= 4 is 5.82 Å². The Kier molecular flexibility index (Phi) is 3.09. The zero-order valence-electron chi connectivity index (χ0n) is 7.80. The van der Waals surface area contributed by atoms with E-state index in [0.29, 0.717) is 5.82 Å². The molecule has 2 nitrogen and oxygen atoms in total. The summed E-state index contributed by atoms with van der Waals surface area (Å²) >= 11 is 0. The summed E-state index contributed by atoms with van der Waals surface area (Å²) < 4.78 is 0. The second-order valence-electron chi connectivity index (χ2n) is 3.16. The van der Waals surface area contributed by atoms with Crippen LogP contribution in [0, 0.1) is 6.92 Å². The number of rotatable bonds is 3. The predicted octanol–water partition coefficient (Wildman–Crippen LogP) is 2.31. The van der Waals surface area contributed by atoms with Crippen LogP contribution < -0.4 is 5.73 Å². The van der Waals surface area contributed by atoms with Gasteiger partial charge in [0.25, 0.3) is 0 Å². The third-order valence-corrected chi connectivity index (χ3v) is 1.83. The van der Waals surface area contributed by atoms with Gasteiger partial charge in [-0.3, -0.25) is 0 Å². The van der Waals surface area contributed by atoms with E-state index in [9.17, 15) is 0 Å². The van der Waals surface area contributed by atoms with Crippen molar-refractivity contribution in [1.29, 1.82) is 0 Å². The van der Waals surface area contributed by atoms with Crippen LogP contribution in [0.2, 0.25) is 0 Å². The number of hydrogen-bond acceptors (Lipinski definition) is 2. The number of nitrogen functional groups attached to an aromatic ring is 1. The highest BCUT2D eigenvalue weighted by atomic mass is 14.8. The van der Waals surface area contributed by atoms with Crippen molar-refractivity contribution in [1.82, 2.24) is 4.98 Å². The van der Waals surface area contributed by atoms with Gasteiger partial charge in [0, 0.05) is 5.69 Å². The molecule has 0 aliphatic heterocycles. The van der Waals surface area contributed by atoms with Gasteiger partial charge in [0.15, 0.2) is 0 Å². The molecule has 0 atom stereocenters. The second-order valence-corrected chi connectivity index (χ2v) is 3.16. The Bertz CT molecular complexity index is 236. The minimum absolute atomic E-state index is 0.640. The number of hydrogen-bond donors (Lipinski definition) is 1. The Morgan fingerprint density at radius 1 is 1.42 bits per heavy atom. The summed E-state index contributed by atoms with van der Waals surface area (Å²) in [4.78, 5) is 4.25. The minimum atomic E-state index is 0.640. The van der Waals surface area contributed by atoms with Gasteiger partial charge in [0.2, 0.25) is 0 Å². The second kappa shape index (κ2) is 4.10. The van der Waals surface area contributed by atoms with Crippen molar-refractivity contribution < 1.29 is 0 Å². The van der Waals surface area contributed by atoms with E-state index < -0.39 is 0 Å². The summed E-state index contributed by atoms with van der Waals surface area (Å²) in [6, 6.07) is 4.00. The van der Waals surface area contributed by atoms with Crippen molar-refractivity contribution in [2.24, 2.45) is 0 Å². The van der Waals surface area contributed by atoms with Crippen molar-refractivity contribution in [2.45, 2.75) is 33.1 Å². The zero-order chi connectivity index (χ0) is 8.97. The fraction of sp³-hybridized carbons (Fsp3) is 0.500. The Hall–Kier alpha value is -1.05. The minimum Gasteiger partial charge on any atom is -0.384 e. The molecule has 66 valence electrons. The lowest BCUT2D eigenvalue weighted by Crippen LogP contribution is -1.96. The average Bonchev–Trinajstić information content (AvgIpc) is 1.99. The first kappa shape index (κ1) is 9.04. The van der Waals surface area contributed by atoms with Crippen molar-refractivity contribution in [3.8, 4) is 0 Å². The smallest absolute Gasteiger partial charge is 0.123 e. The molecule has 0 bridgehead atoms. The van der Waals surface area contributed by atoms with Gasteiger partial charge in [-0.1, -0.05) is 13.3 Å². The SMILES string of the molecule is CCCCc1cc(C)cc(N)n1. The van der Waals surface area contributed by atoms with Crippen LogP contribution in [0.5, 0.6) is 0 Å². The number of aryl methyl sites for hydroxylation is 2. The summed E-state index contributed by atoms with van der Waals surface area (Å²) in [6.45, 7) is 4.23. The number of nitrogens with two attached hydrogens (primary N) is 1. The van der Waals surface area contributed by atoms with E-state index >= 15 is 0 Å². The predicted molar refractivity (Wildman–Crippen MR) is 52.0 cm³/mol. The molecule has 12 heavy (non-hydrogen) atoms. The van der Waals surface area contributed by atoms with Crippen LogP contribution in [0.1, 0.15) is 31.0 Å². The highest BCUT2D eigenvalue weighted by Crippen LogP contribution is 2.08. The van der Waals surface area contributed by atoms with Crippen molar-refractivity contribution in [3.63, 3.8) is 0 Å². The van der Waals surface area contributed by atoms with E-state index in [4.69, 9.17) is 5.73 Å². The molecule has 0 saturated carbocycles. The lowest BCUT2D eigenvalue weighted by molar-refractivity contribution is 0.777. The van der Waals surface area contributed by atoms with Crippen LogP contribution >= 0.6 is 0 Å². The molecule has 0 unspecified atom stereocenters. The Morgan fingerprint density at radius 3 is 2.75 bits per heavy atom. The number of anilines is 1. The summed E-state index contributed by atoms with van der Waals surface area (Å²) in [5.41, 5.74) is 7.94. The molecule has 0 aliphatic rings. The first-order valence-electron chi connectivity index (χ1n) is 4.45. The lowest BCUT2D eigenvalue weighted by atomic mass is 10.1. The highest BCUT2D eigenvalue weighted by molar-refractivity contribution is 5.34. The topological polar surface area (TPSA) is 38.9 Å². The number of nitrogens with zero attached hydrogens (tertiary/aromatic N) is 1. The molecule has 1 heterocycles. The number of aromatic nitrogens is 1. The van der Waals surface area contributed by atoms with Gasteiger partial charge in [-0.25, -0.2) is 4.98 Å². The Labute approximate surface area is 73.8 Å². The number of unbranched alkanes of at least 4 members (excludes halogenated alkanes) is 1. The molecule has 0 radical (unpaired) electrons. The summed E-state index contributed by atoms with van der Waals surface area (Å²) in [7, 11) is 0. The molecule has 1 aromatic rings. The molecule has 2 N–H and O–H groups in total. The van der Waals surface area contributed by atoms with Gasteiger partial charge < -0.3 is 5.73 Å². The number of pyridine rings is 1. The highest BCUT2D eigenvalue weighted by Gasteiger charge is 1.96. The largest absolute Gasteiger partial charge is 0.384 e. The van der Waals surface area contributed by atoms with Crippen LogP contribution in [0.4, 0.5) is 5.82 Å². The van der Waals surface area contributed by atoms with Gasteiger partial charge in [0.1, 0.15) is 5.82 Å². The monoisotopic (exact) mass is 164 g/mol. The molecule has 0 amide bonds. The molecule has 0 spiro atoms. The van der Waals surface area contributed by atoms with E-state index in [-0.39, 0.29) is 0 Å². The fourth-order valence-electron chi connectivity index (χ4n) is 1.25. The van der Waals surface area contributed by atoms with Crippen LogP contribution in [-0.2, 0) is 6.42 Å². The first-order valence-corrected chi connectivity index (χ1v) is 4.45. The van der Waals surface area contributed by atoms with Crippen LogP contribution in [0.15, 0.2) is 12.1 Å². The molecular weight excluding hydrogens is 148 g/mol. The average molecular weight is 164 g/mol. The maximum absolute atomic E-state index is 5.62. The third-order valence-electron chi connectivity index (χ3n) is 1.83. The first-order chi connectivity index (χ1) is 5.72. The molecule has 1 aromatic heterocycles. The van der Waals surface area contributed by atoms with Crippen LogP contribution in [0.25, 0.3) is 0 Å². The third kappa shape index (κ3) is 2.53. The van der Waals surface area contributed by atoms with E-state index in [1.165, 1.54) is 18.4 Å². The van der Waals surface area contributed by atoms with Gasteiger partial charge >= 0.3 is 0 Å². The fourth-order valence-corrected chi connectivity index (χ4v) is 1.25. The van der Waals surface area contributed by atoms with E-state index in [0.717, 1.165) is 12.1 Å². The Morgan fingerprint density at radius 2 is 2.17 bits per heavy atom. The van der Waals surface area contributed by atoms with Gasteiger partial charge in [-0.05, 0) is 37.5 Å². The van der Waals surface area contributed by atoms with Gasteiger partial charge in [-0.2, -0.15) is 0 Å². The summed E-state index contributed by atoms with van der Waals surface area (Å²) in [6.07, 6.45) is 3.44. The molecule has 2 heteroatoms. The lowest BCUT2D eigenvalue weighted by Gasteiger charge is -2.02. The summed E-state index contributed by atoms with van der Waals surface area (Å²) in [5, 5.41) is 0. The van der Waals surface area contributed by atoms with Gasteiger partial charge in [-0.15, -0.1) is 0 Å². The van der Waals surface area contributed by atoms with E-state index in [1.807, 2.05) is 13.0 Å². The molecule has 0 fully saturated rings. The molecule has 0 aliphatic carbocycles. The molecular formula is C10H16N2. The standard InChI is InChI=1S/C10H16N2/c1-3-4-5-9-6-8(2)7-10(11)12-9/h6-7H,3-5H2,1-2H3,(H2,11,12).